The van der Waals surface area contributed by atoms with E-state index in [9.17, 15) is 17.6 Å². The van der Waals surface area contributed by atoms with Crippen molar-refractivity contribution in [3.63, 3.8) is 0 Å². The second-order valence-electron chi connectivity index (χ2n) is 8.62. The minimum absolute atomic E-state index is 0.0393. The Morgan fingerprint density at radius 2 is 1.16 bits per heavy atom. The third kappa shape index (κ3) is 7.05. The van der Waals surface area contributed by atoms with E-state index in [0.29, 0.717) is 37.9 Å². The fourth-order valence-corrected chi connectivity index (χ4v) is 3.41. The Kier molecular flexibility index (Phi) is 7.66. The summed E-state index contributed by atoms with van der Waals surface area (Å²) in [6.45, 7) is 1.51. The highest BCUT2D eigenvalue weighted by Gasteiger charge is 2.24. The second-order valence-corrected chi connectivity index (χ2v) is 8.62. The molecule has 2 aliphatic heterocycles. The van der Waals surface area contributed by atoms with Crippen molar-refractivity contribution in [3.8, 4) is 23.0 Å². The van der Waals surface area contributed by atoms with Crippen molar-refractivity contribution in [3.05, 3.63) is 82.9 Å². The number of benzene rings is 3. The van der Waals surface area contributed by atoms with Crippen LogP contribution in [-0.2, 0) is 22.7 Å². The molecule has 3 aromatic rings. The van der Waals surface area contributed by atoms with Crippen molar-refractivity contribution in [2.24, 2.45) is 0 Å². The highest BCUT2D eigenvalue weighted by molar-refractivity contribution is 5.41. The Balaban J connectivity index is 1.18. The molecule has 0 bridgehead atoms. The zero-order valence-corrected chi connectivity index (χ0v) is 19.6. The van der Waals surface area contributed by atoms with E-state index in [1.54, 1.807) is 12.1 Å². The van der Waals surface area contributed by atoms with Crippen LogP contribution in [-0.4, -0.2) is 38.6 Å². The Morgan fingerprint density at radius 1 is 0.676 bits per heavy atom. The smallest absolute Gasteiger partial charge is 0.267 e. The Labute approximate surface area is 210 Å². The van der Waals surface area contributed by atoms with Crippen LogP contribution < -0.4 is 18.9 Å². The van der Waals surface area contributed by atoms with Crippen molar-refractivity contribution in [2.75, 3.05) is 26.4 Å². The van der Waals surface area contributed by atoms with Gasteiger partial charge in [0.1, 0.15) is 73.3 Å². The van der Waals surface area contributed by atoms with Gasteiger partial charge in [0.2, 0.25) is 0 Å². The summed E-state index contributed by atoms with van der Waals surface area (Å²) < 4.78 is 88.2. The minimum Gasteiger partial charge on any atom is -0.491 e. The van der Waals surface area contributed by atoms with Gasteiger partial charge in [-0.1, -0.05) is 0 Å². The van der Waals surface area contributed by atoms with Gasteiger partial charge in [0.15, 0.2) is 0 Å². The Bertz CT molecular complexity index is 1230. The van der Waals surface area contributed by atoms with E-state index >= 15 is 0 Å². The molecule has 3 aromatic carbocycles. The van der Waals surface area contributed by atoms with Gasteiger partial charge in [0, 0.05) is 23.3 Å². The molecule has 0 N–H and O–H groups in total. The maximum absolute atomic E-state index is 14.4. The molecule has 10 heteroatoms. The monoisotopic (exact) mass is 520 g/mol. The van der Waals surface area contributed by atoms with E-state index in [1.165, 1.54) is 36.4 Å². The van der Waals surface area contributed by atoms with Gasteiger partial charge in [0.05, 0.1) is 18.8 Å². The van der Waals surface area contributed by atoms with E-state index in [2.05, 4.69) is 0 Å². The van der Waals surface area contributed by atoms with Crippen LogP contribution in [0.1, 0.15) is 23.1 Å². The molecule has 2 atom stereocenters. The molecule has 196 valence electrons. The van der Waals surface area contributed by atoms with Crippen LogP contribution >= 0.6 is 0 Å². The van der Waals surface area contributed by atoms with Crippen molar-refractivity contribution in [1.82, 2.24) is 0 Å². The minimum atomic E-state index is -2.87. The van der Waals surface area contributed by atoms with Gasteiger partial charge in [-0.15, -0.1) is 0 Å². The summed E-state index contributed by atoms with van der Waals surface area (Å²) in [7, 11) is 0. The first-order valence-electron chi connectivity index (χ1n) is 11.7. The van der Waals surface area contributed by atoms with Crippen LogP contribution in [0, 0.1) is 11.6 Å². The van der Waals surface area contributed by atoms with Crippen molar-refractivity contribution in [1.29, 1.82) is 0 Å². The number of ether oxygens (including phenoxy) is 6. The molecule has 2 aliphatic rings. The molecular weight excluding hydrogens is 496 g/mol. The van der Waals surface area contributed by atoms with Gasteiger partial charge >= 0.3 is 0 Å². The lowest BCUT2D eigenvalue weighted by molar-refractivity contribution is 0.143. The molecule has 6 nitrogen and oxygen atoms in total. The highest BCUT2D eigenvalue weighted by atomic mass is 19.3. The van der Waals surface area contributed by atoms with Crippen LogP contribution in [0.15, 0.2) is 54.6 Å². The zero-order chi connectivity index (χ0) is 25.8. The van der Waals surface area contributed by atoms with Gasteiger partial charge in [-0.3, -0.25) is 0 Å². The summed E-state index contributed by atoms with van der Waals surface area (Å²) >= 11 is 0. The molecule has 0 saturated carbocycles. The number of alkyl halides is 2. The van der Waals surface area contributed by atoms with Gasteiger partial charge in [-0.05, 0) is 42.5 Å². The number of rotatable bonds is 13. The number of halogens is 4. The molecule has 2 unspecified atom stereocenters. The Hall–Kier alpha value is -3.50. The molecular formula is C27H24F4O6. The van der Waals surface area contributed by atoms with Gasteiger partial charge < -0.3 is 28.4 Å². The number of hydrogen-bond donors (Lipinski definition) is 0. The molecule has 0 aliphatic carbocycles. The van der Waals surface area contributed by atoms with E-state index in [0.717, 1.165) is 6.07 Å². The van der Waals surface area contributed by atoms with Crippen molar-refractivity contribution < 1.29 is 46.0 Å². The summed E-state index contributed by atoms with van der Waals surface area (Å²) in [6, 6.07) is 12.5. The largest absolute Gasteiger partial charge is 0.491 e. The maximum Gasteiger partial charge on any atom is 0.267 e. The van der Waals surface area contributed by atoms with E-state index < -0.39 is 23.6 Å². The van der Waals surface area contributed by atoms with Crippen LogP contribution in [0.4, 0.5) is 17.6 Å². The first-order chi connectivity index (χ1) is 17.9. The quantitative estimate of drug-likeness (QED) is 0.216. The van der Waals surface area contributed by atoms with Crippen LogP contribution in [0.2, 0.25) is 0 Å². The van der Waals surface area contributed by atoms with Crippen LogP contribution in [0.25, 0.3) is 0 Å². The fraction of sp³-hybridized carbons (Fsp3) is 0.333. The number of hydrogen-bond acceptors (Lipinski definition) is 6. The maximum atomic E-state index is 14.4. The molecule has 2 saturated heterocycles. The highest BCUT2D eigenvalue weighted by Crippen LogP contribution is 2.34. The molecule has 37 heavy (non-hydrogen) atoms. The standard InChI is InChI=1S/C27H24F4O6/c28-24-8-19(33-12-21-14-35-21)3-1-16(24)10-32-18-5-6-26(23(7-18)27(30)31)37-11-17-2-4-20(9-25(17)29)34-13-22-15-36-22/h1-9,21-22,27H,10-15H2. The third-order valence-electron chi connectivity index (χ3n) is 5.72. The average Bonchev–Trinajstić information content (AvgIpc) is 3.81. The summed E-state index contributed by atoms with van der Waals surface area (Å²) in [5, 5.41) is 0. The SMILES string of the molecule is Fc1cc(OCC2CO2)ccc1COc1ccc(OCc2ccc(OCC3CO3)cc2F)c(C(F)F)c1. The molecule has 0 spiro atoms. The van der Waals surface area contributed by atoms with Gasteiger partial charge in [0.25, 0.3) is 6.43 Å². The molecule has 0 aromatic heterocycles. The zero-order valence-electron chi connectivity index (χ0n) is 19.6. The van der Waals surface area contributed by atoms with E-state index in [-0.39, 0.29) is 48.0 Å². The normalized spacial score (nSPS) is 18.0. The fourth-order valence-electron chi connectivity index (χ4n) is 3.41. The van der Waals surface area contributed by atoms with Gasteiger partial charge in [-0.25, -0.2) is 17.6 Å². The summed E-state index contributed by atoms with van der Waals surface area (Å²) in [4.78, 5) is 0. The molecule has 2 heterocycles. The summed E-state index contributed by atoms with van der Waals surface area (Å²) in [5.74, 6) is -0.404. The van der Waals surface area contributed by atoms with Crippen LogP contribution in [0.5, 0.6) is 23.0 Å². The first-order valence-corrected chi connectivity index (χ1v) is 11.7. The third-order valence-corrected chi connectivity index (χ3v) is 5.72. The summed E-state index contributed by atoms with van der Waals surface area (Å²) in [6.07, 6.45) is -2.78. The van der Waals surface area contributed by atoms with Crippen molar-refractivity contribution >= 4 is 0 Å². The molecule has 2 fully saturated rings. The molecule has 0 radical (unpaired) electrons. The first kappa shape index (κ1) is 25.2. The Morgan fingerprint density at radius 3 is 1.65 bits per heavy atom. The summed E-state index contributed by atoms with van der Waals surface area (Å²) in [5.41, 5.74) is -0.00145. The average molecular weight is 520 g/mol. The molecule has 5 rings (SSSR count). The van der Waals surface area contributed by atoms with E-state index in [1.807, 2.05) is 0 Å². The topological polar surface area (TPSA) is 62.0 Å². The second kappa shape index (κ2) is 11.3. The lowest BCUT2D eigenvalue weighted by Crippen LogP contribution is -2.06. The van der Waals surface area contributed by atoms with Crippen LogP contribution in [0.3, 0.4) is 0 Å². The predicted molar refractivity (Wildman–Crippen MR) is 123 cm³/mol. The lowest BCUT2D eigenvalue weighted by atomic mass is 10.1. The lowest BCUT2D eigenvalue weighted by Gasteiger charge is -2.15. The van der Waals surface area contributed by atoms with Crippen molar-refractivity contribution in [2.45, 2.75) is 31.8 Å². The van der Waals surface area contributed by atoms with Gasteiger partial charge in [-0.2, -0.15) is 0 Å². The molecule has 0 amide bonds. The number of epoxide rings is 2. The van der Waals surface area contributed by atoms with E-state index in [4.69, 9.17) is 28.4 Å². The predicted octanol–water partition coefficient (Wildman–Crippen LogP) is 5.62.